The quantitative estimate of drug-likeness (QED) is 0.827. The maximum atomic E-state index is 12.9. The first-order chi connectivity index (χ1) is 8.35. The first-order valence-electron chi connectivity index (χ1n) is 5.49. The Hall–Kier alpha value is -1.05. The van der Waals surface area contributed by atoms with Crippen molar-refractivity contribution in [3.8, 4) is 0 Å². The van der Waals surface area contributed by atoms with Crippen molar-refractivity contribution in [1.29, 1.82) is 0 Å². The lowest BCUT2D eigenvalue weighted by Gasteiger charge is -2.11. The fourth-order valence-corrected chi connectivity index (χ4v) is 2.52. The van der Waals surface area contributed by atoms with Gasteiger partial charge in [0.1, 0.15) is 11.6 Å². The molecule has 4 nitrogen and oxygen atoms in total. The Kier molecular flexibility index (Phi) is 5.18. The monoisotopic (exact) mass is 279 g/mol. The molecule has 0 spiro atoms. The highest BCUT2D eigenvalue weighted by Crippen LogP contribution is 2.13. The standard InChI is InChI=1S/C11H15F2NO3S/c1-2-3-10(15)7-14-18(16,17)11-5-8(12)4-9(13)6-11/h4-6,10,14-15H,2-3,7H2,1H3/t10-/m1/s1. The zero-order chi connectivity index (χ0) is 13.8. The third-order valence-electron chi connectivity index (χ3n) is 2.28. The predicted octanol–water partition coefficient (Wildman–Crippen LogP) is 1.40. The van der Waals surface area contributed by atoms with Gasteiger partial charge in [-0.1, -0.05) is 13.3 Å². The molecule has 0 bridgehead atoms. The third kappa shape index (κ3) is 4.32. The van der Waals surface area contributed by atoms with E-state index in [1.807, 2.05) is 6.92 Å². The van der Waals surface area contributed by atoms with Crippen LogP contribution in [0.1, 0.15) is 19.8 Å². The highest BCUT2D eigenvalue weighted by atomic mass is 32.2. The number of aliphatic hydroxyl groups excluding tert-OH is 1. The van der Waals surface area contributed by atoms with Gasteiger partial charge in [0.05, 0.1) is 11.0 Å². The number of sulfonamides is 1. The molecule has 0 radical (unpaired) electrons. The zero-order valence-corrected chi connectivity index (χ0v) is 10.7. The van der Waals surface area contributed by atoms with Gasteiger partial charge in [0.25, 0.3) is 0 Å². The molecular formula is C11H15F2NO3S. The topological polar surface area (TPSA) is 66.4 Å². The molecule has 1 aromatic rings. The summed E-state index contributed by atoms with van der Waals surface area (Å²) in [4.78, 5) is -0.497. The van der Waals surface area contributed by atoms with Crippen LogP contribution in [0.4, 0.5) is 8.78 Å². The van der Waals surface area contributed by atoms with Gasteiger partial charge in [-0.3, -0.25) is 0 Å². The van der Waals surface area contributed by atoms with Crippen LogP contribution in [0.15, 0.2) is 23.1 Å². The predicted molar refractivity (Wildman–Crippen MR) is 62.5 cm³/mol. The van der Waals surface area contributed by atoms with Crippen LogP contribution in [-0.2, 0) is 10.0 Å². The molecule has 0 aliphatic carbocycles. The van der Waals surface area contributed by atoms with Crippen LogP contribution in [0, 0.1) is 11.6 Å². The number of aliphatic hydroxyl groups is 1. The van der Waals surface area contributed by atoms with E-state index in [0.29, 0.717) is 18.9 Å². The largest absolute Gasteiger partial charge is 0.392 e. The van der Waals surface area contributed by atoms with Gasteiger partial charge in [0.15, 0.2) is 0 Å². The summed E-state index contributed by atoms with van der Waals surface area (Å²) >= 11 is 0. The Morgan fingerprint density at radius 3 is 2.33 bits per heavy atom. The Morgan fingerprint density at radius 2 is 1.83 bits per heavy atom. The van der Waals surface area contributed by atoms with Crippen LogP contribution in [-0.4, -0.2) is 26.2 Å². The zero-order valence-electron chi connectivity index (χ0n) is 9.86. The molecule has 0 amide bonds. The second kappa shape index (κ2) is 6.21. The summed E-state index contributed by atoms with van der Waals surface area (Å²) in [7, 11) is -4.01. The van der Waals surface area contributed by atoms with Crippen LogP contribution in [0.5, 0.6) is 0 Å². The molecule has 0 aromatic heterocycles. The van der Waals surface area contributed by atoms with E-state index in [1.165, 1.54) is 0 Å². The summed E-state index contributed by atoms with van der Waals surface area (Å²) < 4.78 is 51.3. The summed E-state index contributed by atoms with van der Waals surface area (Å²) in [6.07, 6.45) is 0.334. The van der Waals surface area contributed by atoms with Crippen molar-refractivity contribution in [3.63, 3.8) is 0 Å². The summed E-state index contributed by atoms with van der Waals surface area (Å²) in [6, 6.07) is 2.03. The third-order valence-corrected chi connectivity index (χ3v) is 3.68. The second-order valence-corrected chi connectivity index (χ2v) is 5.67. The van der Waals surface area contributed by atoms with Crippen LogP contribution in [0.3, 0.4) is 0 Å². The average molecular weight is 279 g/mol. The SMILES string of the molecule is CCC[C@@H](O)CNS(=O)(=O)c1cc(F)cc(F)c1. The lowest BCUT2D eigenvalue weighted by molar-refractivity contribution is 0.167. The first-order valence-corrected chi connectivity index (χ1v) is 6.97. The van der Waals surface area contributed by atoms with E-state index in [1.54, 1.807) is 0 Å². The molecule has 2 N–H and O–H groups in total. The minimum absolute atomic E-state index is 0.186. The van der Waals surface area contributed by atoms with Crippen LogP contribution < -0.4 is 4.72 Å². The minimum Gasteiger partial charge on any atom is -0.392 e. The normalized spacial score (nSPS) is 13.6. The molecule has 7 heteroatoms. The van der Waals surface area contributed by atoms with Crippen LogP contribution >= 0.6 is 0 Å². The van der Waals surface area contributed by atoms with Crippen molar-refractivity contribution in [3.05, 3.63) is 29.8 Å². The number of rotatable bonds is 6. The number of benzene rings is 1. The van der Waals surface area contributed by atoms with Crippen molar-refractivity contribution < 1.29 is 22.3 Å². The molecule has 0 fully saturated rings. The van der Waals surface area contributed by atoms with Crippen LogP contribution in [0.25, 0.3) is 0 Å². The van der Waals surface area contributed by atoms with E-state index < -0.39 is 32.7 Å². The first kappa shape index (κ1) is 15.0. The Bertz CT molecular complexity index is 485. The fourth-order valence-electron chi connectivity index (χ4n) is 1.41. The Morgan fingerprint density at radius 1 is 1.28 bits per heavy atom. The molecule has 0 heterocycles. The molecule has 0 aliphatic rings. The van der Waals surface area contributed by atoms with E-state index >= 15 is 0 Å². The van der Waals surface area contributed by atoms with E-state index in [-0.39, 0.29) is 6.54 Å². The van der Waals surface area contributed by atoms with E-state index in [2.05, 4.69) is 4.72 Å². The van der Waals surface area contributed by atoms with Crippen molar-refractivity contribution in [2.75, 3.05) is 6.54 Å². The van der Waals surface area contributed by atoms with E-state index in [0.717, 1.165) is 12.1 Å². The van der Waals surface area contributed by atoms with E-state index in [9.17, 15) is 22.3 Å². The van der Waals surface area contributed by atoms with Gasteiger partial charge >= 0.3 is 0 Å². The maximum Gasteiger partial charge on any atom is 0.240 e. The molecule has 0 unspecified atom stereocenters. The van der Waals surface area contributed by atoms with Gasteiger partial charge in [0, 0.05) is 12.6 Å². The highest BCUT2D eigenvalue weighted by Gasteiger charge is 2.17. The molecular weight excluding hydrogens is 264 g/mol. The summed E-state index contributed by atoms with van der Waals surface area (Å²) in [5.41, 5.74) is 0. The number of hydrogen-bond acceptors (Lipinski definition) is 3. The Balaban J connectivity index is 2.80. The number of hydrogen-bond donors (Lipinski definition) is 2. The second-order valence-electron chi connectivity index (χ2n) is 3.90. The fraction of sp³-hybridized carbons (Fsp3) is 0.455. The van der Waals surface area contributed by atoms with Gasteiger partial charge in [-0.25, -0.2) is 21.9 Å². The molecule has 0 saturated carbocycles. The lowest BCUT2D eigenvalue weighted by Crippen LogP contribution is -2.32. The van der Waals surface area contributed by atoms with Gasteiger partial charge in [-0.2, -0.15) is 0 Å². The Labute approximate surface area is 105 Å². The highest BCUT2D eigenvalue weighted by molar-refractivity contribution is 7.89. The van der Waals surface area contributed by atoms with Gasteiger partial charge in [-0.05, 0) is 18.6 Å². The average Bonchev–Trinajstić information content (AvgIpc) is 2.26. The van der Waals surface area contributed by atoms with E-state index in [4.69, 9.17) is 0 Å². The lowest BCUT2D eigenvalue weighted by atomic mass is 10.2. The summed E-state index contributed by atoms with van der Waals surface area (Å²) in [6.45, 7) is 1.66. The van der Waals surface area contributed by atoms with Crippen molar-refractivity contribution >= 4 is 10.0 Å². The van der Waals surface area contributed by atoms with Crippen molar-refractivity contribution in [1.82, 2.24) is 4.72 Å². The summed E-state index contributed by atoms with van der Waals surface area (Å²) in [5, 5.41) is 9.39. The number of nitrogens with one attached hydrogen (secondary N) is 1. The smallest absolute Gasteiger partial charge is 0.240 e. The minimum atomic E-state index is -4.01. The van der Waals surface area contributed by atoms with Crippen molar-refractivity contribution in [2.45, 2.75) is 30.8 Å². The van der Waals surface area contributed by atoms with Gasteiger partial charge in [-0.15, -0.1) is 0 Å². The molecule has 18 heavy (non-hydrogen) atoms. The molecule has 0 aliphatic heterocycles. The maximum absolute atomic E-state index is 12.9. The summed E-state index contributed by atoms with van der Waals surface area (Å²) in [5.74, 6) is -1.94. The van der Waals surface area contributed by atoms with Crippen LogP contribution in [0.2, 0.25) is 0 Å². The van der Waals surface area contributed by atoms with Gasteiger partial charge in [0.2, 0.25) is 10.0 Å². The molecule has 1 atom stereocenters. The molecule has 0 saturated heterocycles. The molecule has 1 aromatic carbocycles. The number of halogens is 2. The molecule has 102 valence electrons. The molecule has 1 rings (SSSR count). The van der Waals surface area contributed by atoms with Gasteiger partial charge < -0.3 is 5.11 Å². The van der Waals surface area contributed by atoms with Crippen molar-refractivity contribution in [2.24, 2.45) is 0 Å².